The molecule has 7 heteroatoms. The van der Waals surface area contributed by atoms with E-state index in [1.165, 1.54) is 0 Å². The number of amides is 2. The number of carbonyl (C=O) groups is 2. The molecule has 2 atom stereocenters. The summed E-state index contributed by atoms with van der Waals surface area (Å²) in [5.41, 5.74) is 6.29. The van der Waals surface area contributed by atoms with Gasteiger partial charge in [0.2, 0.25) is 11.8 Å². The summed E-state index contributed by atoms with van der Waals surface area (Å²) in [6, 6.07) is 5.21. The maximum Gasteiger partial charge on any atom is 0.228 e. The van der Waals surface area contributed by atoms with Crippen LogP contribution in [-0.4, -0.2) is 57.1 Å². The molecule has 0 spiro atoms. The van der Waals surface area contributed by atoms with Crippen molar-refractivity contribution in [3.63, 3.8) is 0 Å². The van der Waals surface area contributed by atoms with Crippen LogP contribution < -0.4 is 20.1 Å². The molecule has 2 rings (SSSR count). The third-order valence-electron chi connectivity index (χ3n) is 4.47. The maximum atomic E-state index is 12.6. The van der Waals surface area contributed by atoms with Crippen molar-refractivity contribution >= 4 is 17.5 Å². The van der Waals surface area contributed by atoms with E-state index >= 15 is 0 Å². The number of benzene rings is 1. The van der Waals surface area contributed by atoms with Crippen molar-refractivity contribution < 1.29 is 19.1 Å². The predicted molar refractivity (Wildman–Crippen MR) is 91.3 cm³/mol. The Morgan fingerprint density at radius 1 is 1.33 bits per heavy atom. The highest BCUT2D eigenvalue weighted by atomic mass is 16.5. The van der Waals surface area contributed by atoms with E-state index in [9.17, 15) is 9.59 Å². The number of methoxy groups -OCH3 is 2. The molecule has 0 bridgehead atoms. The minimum absolute atomic E-state index is 0.0568. The lowest BCUT2D eigenvalue weighted by Crippen LogP contribution is -2.43. The molecule has 1 saturated heterocycles. The molecule has 0 aromatic heterocycles. The van der Waals surface area contributed by atoms with Gasteiger partial charge < -0.3 is 25.0 Å². The Balaban J connectivity index is 2.19. The molecular formula is C17H25N3O4. The average Bonchev–Trinajstić information content (AvgIpc) is 3.00. The van der Waals surface area contributed by atoms with Crippen LogP contribution in [0.3, 0.4) is 0 Å². The van der Waals surface area contributed by atoms with E-state index in [1.54, 1.807) is 49.3 Å². The summed E-state index contributed by atoms with van der Waals surface area (Å²) in [6.07, 6.45) is 0.194. The van der Waals surface area contributed by atoms with Gasteiger partial charge >= 0.3 is 0 Å². The lowest BCUT2D eigenvalue weighted by atomic mass is 10.1. The Morgan fingerprint density at radius 3 is 2.42 bits per heavy atom. The number of nitrogens with two attached hydrogens (primary N) is 1. The molecule has 1 aromatic rings. The summed E-state index contributed by atoms with van der Waals surface area (Å²) in [7, 11) is 4.83. The molecule has 1 aliphatic heterocycles. The molecule has 0 saturated carbocycles. The van der Waals surface area contributed by atoms with Gasteiger partial charge in [0, 0.05) is 50.8 Å². The van der Waals surface area contributed by atoms with Crippen LogP contribution in [-0.2, 0) is 9.59 Å². The first-order valence-corrected chi connectivity index (χ1v) is 7.91. The highest BCUT2D eigenvalue weighted by Gasteiger charge is 2.37. The zero-order valence-corrected chi connectivity index (χ0v) is 14.6. The Morgan fingerprint density at radius 2 is 1.92 bits per heavy atom. The van der Waals surface area contributed by atoms with E-state index in [4.69, 9.17) is 15.2 Å². The van der Waals surface area contributed by atoms with Gasteiger partial charge in [-0.15, -0.1) is 0 Å². The number of rotatable bonds is 6. The second kappa shape index (κ2) is 7.53. The summed E-state index contributed by atoms with van der Waals surface area (Å²) in [4.78, 5) is 28.2. The van der Waals surface area contributed by atoms with E-state index in [-0.39, 0.29) is 30.2 Å². The molecule has 24 heavy (non-hydrogen) atoms. The van der Waals surface area contributed by atoms with Crippen LogP contribution in [0.2, 0.25) is 0 Å². The van der Waals surface area contributed by atoms with Crippen molar-refractivity contribution in [1.29, 1.82) is 0 Å². The molecule has 1 fully saturated rings. The molecule has 0 aliphatic carbocycles. The van der Waals surface area contributed by atoms with Gasteiger partial charge in [-0.1, -0.05) is 0 Å². The second-order valence-corrected chi connectivity index (χ2v) is 6.01. The van der Waals surface area contributed by atoms with Gasteiger partial charge in [-0.2, -0.15) is 0 Å². The molecular weight excluding hydrogens is 310 g/mol. The summed E-state index contributed by atoms with van der Waals surface area (Å²) >= 11 is 0. The average molecular weight is 335 g/mol. The van der Waals surface area contributed by atoms with Gasteiger partial charge in [0.15, 0.2) is 0 Å². The first-order valence-electron chi connectivity index (χ1n) is 7.91. The van der Waals surface area contributed by atoms with Gasteiger partial charge in [0.25, 0.3) is 0 Å². The van der Waals surface area contributed by atoms with E-state index in [1.807, 2.05) is 6.92 Å². The molecule has 132 valence electrons. The number of hydrogen-bond donors (Lipinski definition) is 1. The van der Waals surface area contributed by atoms with Crippen molar-refractivity contribution in [1.82, 2.24) is 4.90 Å². The summed E-state index contributed by atoms with van der Waals surface area (Å²) in [5.74, 6) is 0.686. The standard InChI is InChI=1S/C17H25N3O4/c1-11(9-18)19(2)17(22)12-5-16(21)20(10-12)13-6-14(23-3)8-15(7-13)24-4/h6-8,11-12H,5,9-10,18H2,1-4H3. The SMILES string of the molecule is COc1cc(OC)cc(N2CC(C(=O)N(C)C(C)CN)CC2=O)c1. The predicted octanol–water partition coefficient (Wildman–Crippen LogP) is 0.862. The quantitative estimate of drug-likeness (QED) is 0.833. The Hall–Kier alpha value is -2.28. The first-order chi connectivity index (χ1) is 11.4. The number of hydrogen-bond acceptors (Lipinski definition) is 5. The zero-order chi connectivity index (χ0) is 17.9. The maximum absolute atomic E-state index is 12.6. The fraction of sp³-hybridized carbons (Fsp3) is 0.529. The molecule has 2 unspecified atom stereocenters. The fourth-order valence-electron chi connectivity index (χ4n) is 2.73. The van der Waals surface area contributed by atoms with Gasteiger partial charge in [0.1, 0.15) is 11.5 Å². The monoisotopic (exact) mass is 335 g/mol. The lowest BCUT2D eigenvalue weighted by Gasteiger charge is -2.26. The highest BCUT2D eigenvalue weighted by molar-refractivity contribution is 6.00. The molecule has 1 heterocycles. The molecule has 2 N–H and O–H groups in total. The zero-order valence-electron chi connectivity index (χ0n) is 14.6. The number of nitrogens with zero attached hydrogens (tertiary/aromatic N) is 2. The molecule has 7 nitrogen and oxygen atoms in total. The van der Waals surface area contributed by atoms with Crippen LogP contribution in [0, 0.1) is 5.92 Å². The molecule has 1 aromatic carbocycles. The van der Waals surface area contributed by atoms with Crippen LogP contribution in [0.4, 0.5) is 5.69 Å². The minimum Gasteiger partial charge on any atom is -0.497 e. The van der Waals surface area contributed by atoms with Crippen LogP contribution in [0.25, 0.3) is 0 Å². The summed E-state index contributed by atoms with van der Waals surface area (Å²) in [5, 5.41) is 0. The third-order valence-corrected chi connectivity index (χ3v) is 4.47. The van der Waals surface area contributed by atoms with Gasteiger partial charge in [0.05, 0.1) is 25.8 Å². The molecule has 1 aliphatic rings. The van der Waals surface area contributed by atoms with E-state index < -0.39 is 0 Å². The van der Waals surface area contributed by atoms with Crippen molar-refractivity contribution in [3.05, 3.63) is 18.2 Å². The Bertz CT molecular complexity index is 598. The molecule has 2 amide bonds. The van der Waals surface area contributed by atoms with E-state index in [2.05, 4.69) is 0 Å². The van der Waals surface area contributed by atoms with Crippen LogP contribution in [0.5, 0.6) is 11.5 Å². The topological polar surface area (TPSA) is 85.1 Å². The third kappa shape index (κ3) is 3.62. The minimum atomic E-state index is -0.367. The van der Waals surface area contributed by atoms with E-state index in [0.717, 1.165) is 0 Å². The number of ether oxygens (including phenoxy) is 2. The summed E-state index contributed by atoms with van der Waals surface area (Å²) < 4.78 is 10.5. The van der Waals surface area contributed by atoms with Crippen molar-refractivity contribution in [2.24, 2.45) is 11.7 Å². The smallest absolute Gasteiger partial charge is 0.228 e. The highest BCUT2D eigenvalue weighted by Crippen LogP contribution is 2.32. The fourth-order valence-corrected chi connectivity index (χ4v) is 2.73. The van der Waals surface area contributed by atoms with Crippen LogP contribution in [0.15, 0.2) is 18.2 Å². The number of carbonyl (C=O) groups excluding carboxylic acids is 2. The lowest BCUT2D eigenvalue weighted by molar-refractivity contribution is -0.136. The second-order valence-electron chi connectivity index (χ2n) is 6.01. The van der Waals surface area contributed by atoms with Crippen molar-refractivity contribution in [3.8, 4) is 11.5 Å². The normalized spacial score (nSPS) is 18.5. The number of anilines is 1. The first kappa shape index (κ1) is 18.1. The van der Waals surface area contributed by atoms with Crippen molar-refractivity contribution in [2.75, 3.05) is 39.3 Å². The van der Waals surface area contributed by atoms with Crippen LogP contribution in [0.1, 0.15) is 13.3 Å². The summed E-state index contributed by atoms with van der Waals surface area (Å²) in [6.45, 7) is 2.62. The van der Waals surface area contributed by atoms with Gasteiger partial charge in [-0.25, -0.2) is 0 Å². The largest absolute Gasteiger partial charge is 0.497 e. The van der Waals surface area contributed by atoms with Crippen molar-refractivity contribution in [2.45, 2.75) is 19.4 Å². The number of likely N-dealkylation sites (N-methyl/N-ethyl adjacent to an activating group) is 1. The van der Waals surface area contributed by atoms with Gasteiger partial charge in [-0.3, -0.25) is 9.59 Å². The Labute approximate surface area is 142 Å². The molecule has 0 radical (unpaired) electrons. The van der Waals surface area contributed by atoms with Crippen LogP contribution >= 0.6 is 0 Å². The van der Waals surface area contributed by atoms with Gasteiger partial charge in [-0.05, 0) is 6.92 Å². The Kier molecular flexibility index (Phi) is 5.66. The van der Waals surface area contributed by atoms with E-state index in [0.29, 0.717) is 30.3 Å².